The van der Waals surface area contributed by atoms with Crippen LogP contribution in [0, 0.1) is 5.92 Å². The SMILES string of the molecule is CC.CC1CC(O)(CN2CCC(O)C2)C1. The lowest BCUT2D eigenvalue weighted by atomic mass is 9.72. The molecule has 15 heavy (non-hydrogen) atoms. The third kappa shape index (κ3) is 3.44. The van der Waals surface area contributed by atoms with Crippen molar-refractivity contribution in [3.63, 3.8) is 0 Å². The first-order chi connectivity index (χ1) is 7.07. The molecule has 1 aliphatic carbocycles. The van der Waals surface area contributed by atoms with Crippen molar-refractivity contribution in [1.29, 1.82) is 0 Å². The van der Waals surface area contributed by atoms with E-state index in [9.17, 15) is 10.2 Å². The topological polar surface area (TPSA) is 43.7 Å². The first-order valence-electron chi connectivity index (χ1n) is 6.20. The molecule has 2 fully saturated rings. The summed E-state index contributed by atoms with van der Waals surface area (Å²) >= 11 is 0. The zero-order valence-corrected chi connectivity index (χ0v) is 10.2. The van der Waals surface area contributed by atoms with Gasteiger partial charge in [-0.15, -0.1) is 0 Å². The fourth-order valence-electron chi connectivity index (χ4n) is 2.74. The fraction of sp³-hybridized carbons (Fsp3) is 1.00. The molecule has 1 saturated carbocycles. The fourth-order valence-corrected chi connectivity index (χ4v) is 2.74. The van der Waals surface area contributed by atoms with Gasteiger partial charge >= 0.3 is 0 Å². The smallest absolute Gasteiger partial charge is 0.0779 e. The molecule has 2 N–H and O–H groups in total. The number of nitrogens with zero attached hydrogens (tertiary/aromatic N) is 1. The summed E-state index contributed by atoms with van der Waals surface area (Å²) in [5.74, 6) is 0.678. The van der Waals surface area contributed by atoms with Crippen LogP contribution in [0.3, 0.4) is 0 Å². The maximum absolute atomic E-state index is 10.0. The number of rotatable bonds is 2. The highest BCUT2D eigenvalue weighted by Gasteiger charge is 2.42. The van der Waals surface area contributed by atoms with Crippen molar-refractivity contribution < 1.29 is 10.2 Å². The maximum atomic E-state index is 10.0. The highest BCUT2D eigenvalue weighted by Crippen LogP contribution is 2.38. The van der Waals surface area contributed by atoms with Gasteiger partial charge < -0.3 is 10.2 Å². The monoisotopic (exact) mass is 215 g/mol. The number of aliphatic hydroxyl groups excluding tert-OH is 1. The second kappa shape index (κ2) is 5.28. The van der Waals surface area contributed by atoms with E-state index in [0.29, 0.717) is 5.92 Å². The third-order valence-corrected chi connectivity index (χ3v) is 3.22. The van der Waals surface area contributed by atoms with E-state index in [-0.39, 0.29) is 6.10 Å². The lowest BCUT2D eigenvalue weighted by molar-refractivity contribution is -0.0861. The molecule has 1 saturated heterocycles. The maximum Gasteiger partial charge on any atom is 0.0779 e. The van der Waals surface area contributed by atoms with E-state index >= 15 is 0 Å². The number of aliphatic hydroxyl groups is 2. The minimum atomic E-state index is -0.441. The van der Waals surface area contributed by atoms with Crippen LogP contribution in [0.5, 0.6) is 0 Å². The second-order valence-corrected chi connectivity index (χ2v) is 4.92. The van der Waals surface area contributed by atoms with Gasteiger partial charge in [0.15, 0.2) is 0 Å². The molecule has 1 heterocycles. The lowest BCUT2D eigenvalue weighted by Gasteiger charge is -2.44. The summed E-state index contributed by atoms with van der Waals surface area (Å²) in [7, 11) is 0. The quantitative estimate of drug-likeness (QED) is 0.728. The molecule has 0 spiro atoms. The standard InChI is InChI=1S/C10H19NO2.C2H6/c1-8-4-10(13,5-8)7-11-3-2-9(12)6-11;1-2/h8-9,12-13H,2-7H2,1H3;1-2H3. The molecular formula is C12H25NO2. The predicted molar refractivity (Wildman–Crippen MR) is 61.8 cm³/mol. The number of hydrogen-bond acceptors (Lipinski definition) is 3. The summed E-state index contributed by atoms with van der Waals surface area (Å²) in [5, 5.41) is 19.3. The van der Waals surface area contributed by atoms with Crippen LogP contribution < -0.4 is 0 Å². The average molecular weight is 215 g/mol. The van der Waals surface area contributed by atoms with Gasteiger partial charge in [-0.1, -0.05) is 20.8 Å². The summed E-state index contributed by atoms with van der Waals surface area (Å²) in [6.07, 6.45) is 2.56. The summed E-state index contributed by atoms with van der Waals surface area (Å²) in [6.45, 7) is 8.62. The van der Waals surface area contributed by atoms with E-state index < -0.39 is 5.60 Å². The van der Waals surface area contributed by atoms with Gasteiger partial charge in [-0.25, -0.2) is 0 Å². The molecule has 1 atom stereocenters. The zero-order valence-electron chi connectivity index (χ0n) is 10.2. The molecule has 0 aromatic carbocycles. The minimum Gasteiger partial charge on any atom is -0.392 e. The molecule has 0 aromatic heterocycles. The lowest BCUT2D eigenvalue weighted by Crippen LogP contribution is -2.51. The number of hydrogen-bond donors (Lipinski definition) is 2. The predicted octanol–water partition coefficient (Wildman–Crippen LogP) is 1.24. The summed E-state index contributed by atoms with van der Waals surface area (Å²) < 4.78 is 0. The van der Waals surface area contributed by atoms with Gasteiger partial charge in [0.05, 0.1) is 11.7 Å². The van der Waals surface area contributed by atoms with Crippen molar-refractivity contribution in [3.8, 4) is 0 Å². The van der Waals surface area contributed by atoms with Crippen molar-refractivity contribution in [3.05, 3.63) is 0 Å². The normalized spacial score (nSPS) is 40.6. The Balaban J connectivity index is 0.000000531. The van der Waals surface area contributed by atoms with Crippen LogP contribution in [0.2, 0.25) is 0 Å². The average Bonchev–Trinajstić information content (AvgIpc) is 2.52. The Labute approximate surface area is 93.1 Å². The van der Waals surface area contributed by atoms with Gasteiger partial charge in [0.2, 0.25) is 0 Å². The Bertz CT molecular complexity index is 190. The minimum absolute atomic E-state index is 0.166. The van der Waals surface area contributed by atoms with Crippen LogP contribution in [-0.4, -0.2) is 46.5 Å². The Morgan fingerprint density at radius 1 is 1.33 bits per heavy atom. The second-order valence-electron chi connectivity index (χ2n) is 4.92. The van der Waals surface area contributed by atoms with Crippen molar-refractivity contribution >= 4 is 0 Å². The van der Waals surface area contributed by atoms with Crippen molar-refractivity contribution in [2.75, 3.05) is 19.6 Å². The Morgan fingerprint density at radius 2 is 1.93 bits per heavy atom. The van der Waals surface area contributed by atoms with Crippen LogP contribution in [0.1, 0.15) is 40.0 Å². The molecule has 2 rings (SSSR count). The molecule has 2 aliphatic rings. The summed E-state index contributed by atoms with van der Waals surface area (Å²) in [4.78, 5) is 2.18. The van der Waals surface area contributed by atoms with Crippen molar-refractivity contribution in [2.45, 2.75) is 51.7 Å². The first kappa shape index (κ1) is 12.9. The molecule has 0 bridgehead atoms. The van der Waals surface area contributed by atoms with Gasteiger partial charge in [-0.2, -0.15) is 0 Å². The highest BCUT2D eigenvalue weighted by molar-refractivity contribution is 4.95. The Morgan fingerprint density at radius 3 is 2.33 bits per heavy atom. The van der Waals surface area contributed by atoms with Gasteiger partial charge in [0, 0.05) is 19.6 Å². The Hall–Kier alpha value is -0.120. The molecule has 0 amide bonds. The van der Waals surface area contributed by atoms with E-state index in [2.05, 4.69) is 11.8 Å². The number of β-amino-alcohol motifs (C(OH)–C–C–N with tert-alkyl or cyclic N) is 2. The van der Waals surface area contributed by atoms with E-state index in [1.807, 2.05) is 13.8 Å². The molecule has 3 heteroatoms. The van der Waals surface area contributed by atoms with Crippen molar-refractivity contribution in [1.82, 2.24) is 4.90 Å². The number of likely N-dealkylation sites (tertiary alicyclic amines) is 1. The van der Waals surface area contributed by atoms with E-state index in [4.69, 9.17) is 0 Å². The van der Waals surface area contributed by atoms with Gasteiger partial charge in [-0.05, 0) is 25.2 Å². The molecule has 0 aromatic rings. The third-order valence-electron chi connectivity index (χ3n) is 3.22. The van der Waals surface area contributed by atoms with Crippen molar-refractivity contribution in [2.24, 2.45) is 5.92 Å². The van der Waals surface area contributed by atoms with Gasteiger partial charge in [-0.3, -0.25) is 4.90 Å². The molecule has 90 valence electrons. The van der Waals surface area contributed by atoms with Crippen LogP contribution >= 0.6 is 0 Å². The molecule has 1 aliphatic heterocycles. The van der Waals surface area contributed by atoms with Crippen LogP contribution in [0.15, 0.2) is 0 Å². The largest absolute Gasteiger partial charge is 0.392 e. The molecule has 1 unspecified atom stereocenters. The van der Waals surface area contributed by atoms with Gasteiger partial charge in [0.1, 0.15) is 0 Å². The molecule has 3 nitrogen and oxygen atoms in total. The van der Waals surface area contributed by atoms with Crippen LogP contribution in [-0.2, 0) is 0 Å². The first-order valence-corrected chi connectivity index (χ1v) is 6.20. The van der Waals surface area contributed by atoms with E-state index in [1.54, 1.807) is 0 Å². The molecular weight excluding hydrogens is 190 g/mol. The molecule has 0 radical (unpaired) electrons. The zero-order chi connectivity index (χ0) is 11.5. The van der Waals surface area contributed by atoms with Crippen LogP contribution in [0.4, 0.5) is 0 Å². The van der Waals surface area contributed by atoms with E-state index in [0.717, 1.165) is 38.9 Å². The van der Waals surface area contributed by atoms with E-state index in [1.165, 1.54) is 0 Å². The van der Waals surface area contributed by atoms with Crippen LogP contribution in [0.25, 0.3) is 0 Å². The highest BCUT2D eigenvalue weighted by atomic mass is 16.3. The Kier molecular flexibility index (Phi) is 4.56. The summed E-state index contributed by atoms with van der Waals surface area (Å²) in [6, 6.07) is 0. The van der Waals surface area contributed by atoms with Gasteiger partial charge in [0.25, 0.3) is 0 Å². The summed E-state index contributed by atoms with van der Waals surface area (Å²) in [5.41, 5.74) is -0.441.